The van der Waals surface area contributed by atoms with Crippen LogP contribution >= 0.6 is 0 Å². The van der Waals surface area contributed by atoms with Gasteiger partial charge in [0.15, 0.2) is 0 Å². The molecule has 1 amide bonds. The van der Waals surface area contributed by atoms with E-state index in [0.29, 0.717) is 42.5 Å². The highest BCUT2D eigenvalue weighted by molar-refractivity contribution is 5.95. The Balaban J connectivity index is 2.86. The molecule has 0 aliphatic heterocycles. The molecule has 0 saturated carbocycles. The maximum Gasteiger partial charge on any atom is 0.257 e. The zero-order valence-electron chi connectivity index (χ0n) is 12.5. The summed E-state index contributed by atoms with van der Waals surface area (Å²) in [6.07, 6.45) is 0.338. The normalized spacial score (nSPS) is 11.9. The first-order valence-corrected chi connectivity index (χ1v) is 6.67. The Hall–Kier alpha value is -1.98. The maximum absolute atomic E-state index is 12.5. The highest BCUT2D eigenvalue weighted by atomic mass is 16.4. The Bertz CT molecular complexity index is 492. The largest absolute Gasteiger partial charge is 0.466 e. The molecule has 0 aliphatic rings. The lowest BCUT2D eigenvalue weighted by atomic mass is 10.1. The van der Waals surface area contributed by atoms with E-state index >= 15 is 0 Å². The average Bonchev–Trinajstić information content (AvgIpc) is 2.71. The fourth-order valence-electron chi connectivity index (χ4n) is 2.03. The Morgan fingerprint density at radius 2 is 2.15 bits per heavy atom. The monoisotopic (exact) mass is 281 g/mol. The number of hydrogen-bond donors (Lipinski definition) is 2. The van der Waals surface area contributed by atoms with Gasteiger partial charge in [0, 0.05) is 19.5 Å². The first kappa shape index (κ1) is 16.1. The smallest absolute Gasteiger partial charge is 0.257 e. The summed E-state index contributed by atoms with van der Waals surface area (Å²) in [7, 11) is 0. The molecule has 1 aromatic rings. The molecule has 0 aliphatic carbocycles. The van der Waals surface area contributed by atoms with Crippen molar-refractivity contribution < 1.29 is 14.4 Å². The lowest BCUT2D eigenvalue weighted by Crippen LogP contribution is -2.36. The molecule has 0 spiro atoms. The van der Waals surface area contributed by atoms with Crippen molar-refractivity contribution >= 4 is 11.7 Å². The van der Waals surface area contributed by atoms with E-state index in [1.54, 1.807) is 17.9 Å². The van der Waals surface area contributed by atoms with Crippen LogP contribution in [0.2, 0.25) is 0 Å². The zero-order valence-corrected chi connectivity index (χ0v) is 12.5. The van der Waals surface area contributed by atoms with E-state index in [1.807, 2.05) is 20.8 Å². The predicted octanol–water partition coefficient (Wildman–Crippen LogP) is 2.13. The van der Waals surface area contributed by atoms with Crippen LogP contribution in [0.15, 0.2) is 15.6 Å². The van der Waals surface area contributed by atoms with Crippen LogP contribution in [0.25, 0.3) is 0 Å². The number of rotatable bonds is 6. The fraction of sp³-hybridized carbons (Fsp3) is 0.571. The molecule has 6 nitrogen and oxygen atoms in total. The van der Waals surface area contributed by atoms with Gasteiger partial charge in [-0.2, -0.15) is 0 Å². The lowest BCUT2D eigenvalue weighted by Gasteiger charge is -2.24. The van der Waals surface area contributed by atoms with E-state index < -0.39 is 0 Å². The van der Waals surface area contributed by atoms with Crippen molar-refractivity contribution in [2.24, 2.45) is 16.8 Å². The van der Waals surface area contributed by atoms with Crippen LogP contribution in [-0.4, -0.2) is 34.9 Å². The molecule has 112 valence electrons. The predicted molar refractivity (Wildman–Crippen MR) is 76.9 cm³/mol. The van der Waals surface area contributed by atoms with Gasteiger partial charge in [-0.15, -0.1) is 0 Å². The number of carbonyl (C=O) groups excluding carboxylic acids is 1. The summed E-state index contributed by atoms with van der Waals surface area (Å²) in [5.74, 6) is 1.70. The van der Waals surface area contributed by atoms with Gasteiger partial charge in [-0.1, -0.05) is 19.0 Å². The number of amidine groups is 1. The molecule has 0 aromatic carbocycles. The van der Waals surface area contributed by atoms with E-state index in [1.165, 1.54) is 0 Å². The summed E-state index contributed by atoms with van der Waals surface area (Å²) in [5, 5.41) is 11.5. The number of nitrogens with two attached hydrogens (primary N) is 1. The third-order valence-electron chi connectivity index (χ3n) is 2.91. The minimum absolute atomic E-state index is 0.0845. The van der Waals surface area contributed by atoms with Gasteiger partial charge in [0.25, 0.3) is 5.91 Å². The molecule has 3 N–H and O–H groups in total. The summed E-state index contributed by atoms with van der Waals surface area (Å²) < 4.78 is 5.40. The average molecular weight is 281 g/mol. The molecule has 1 rings (SSSR count). The first-order valence-electron chi connectivity index (χ1n) is 6.67. The fourth-order valence-corrected chi connectivity index (χ4v) is 2.03. The Kier molecular flexibility index (Phi) is 5.61. The van der Waals surface area contributed by atoms with Gasteiger partial charge in [0.1, 0.15) is 17.4 Å². The molecule has 6 heteroatoms. The van der Waals surface area contributed by atoms with Gasteiger partial charge in [-0.05, 0) is 25.8 Å². The van der Waals surface area contributed by atoms with Gasteiger partial charge >= 0.3 is 0 Å². The molecule has 0 bridgehead atoms. The van der Waals surface area contributed by atoms with Crippen LogP contribution in [0.1, 0.15) is 42.1 Å². The number of oxime groups is 1. The van der Waals surface area contributed by atoms with E-state index in [4.69, 9.17) is 15.4 Å². The highest BCUT2D eigenvalue weighted by Gasteiger charge is 2.21. The highest BCUT2D eigenvalue weighted by Crippen LogP contribution is 2.17. The molecule has 20 heavy (non-hydrogen) atoms. The van der Waals surface area contributed by atoms with Gasteiger partial charge in [0.05, 0.1) is 5.56 Å². The molecule has 0 atom stereocenters. The van der Waals surface area contributed by atoms with Crippen LogP contribution in [0.5, 0.6) is 0 Å². The first-order chi connectivity index (χ1) is 9.35. The summed E-state index contributed by atoms with van der Waals surface area (Å²) in [5.41, 5.74) is 6.04. The number of carbonyl (C=O) groups is 1. The molecule has 0 saturated heterocycles. The second-order valence-corrected chi connectivity index (χ2v) is 5.31. The quantitative estimate of drug-likeness (QED) is 0.361. The van der Waals surface area contributed by atoms with Crippen LogP contribution in [0.3, 0.4) is 0 Å². The molecular formula is C14H23N3O3. The molecule has 0 unspecified atom stereocenters. The van der Waals surface area contributed by atoms with Crippen LogP contribution < -0.4 is 5.73 Å². The number of nitrogens with zero attached hydrogens (tertiary/aromatic N) is 2. The standard InChI is InChI=1S/C14H23N3O3/c1-9(2)8-17(6-5-13(15)16-19)14(18)12-7-10(3)20-11(12)4/h7,9,19H,5-6,8H2,1-4H3,(H2,15,16). The third-order valence-corrected chi connectivity index (χ3v) is 2.91. The van der Waals surface area contributed by atoms with Crippen LogP contribution in [0, 0.1) is 19.8 Å². The molecule has 1 aromatic heterocycles. The van der Waals surface area contributed by atoms with Gasteiger partial charge in [0.2, 0.25) is 0 Å². The second kappa shape index (κ2) is 6.98. The number of furan rings is 1. The molecule has 1 heterocycles. The van der Waals surface area contributed by atoms with Crippen molar-refractivity contribution in [1.82, 2.24) is 4.90 Å². The van der Waals surface area contributed by atoms with E-state index in [-0.39, 0.29) is 11.7 Å². The van der Waals surface area contributed by atoms with Crippen LogP contribution in [-0.2, 0) is 0 Å². The van der Waals surface area contributed by atoms with Crippen molar-refractivity contribution in [3.8, 4) is 0 Å². The summed E-state index contributed by atoms with van der Waals surface area (Å²) >= 11 is 0. The maximum atomic E-state index is 12.5. The van der Waals surface area contributed by atoms with Gasteiger partial charge < -0.3 is 20.3 Å². The van der Waals surface area contributed by atoms with Gasteiger partial charge in [-0.25, -0.2) is 0 Å². The number of hydrogen-bond acceptors (Lipinski definition) is 4. The number of aryl methyl sites for hydroxylation is 2. The van der Waals surface area contributed by atoms with Crippen molar-refractivity contribution in [2.75, 3.05) is 13.1 Å². The molecule has 0 fully saturated rings. The minimum Gasteiger partial charge on any atom is -0.466 e. The van der Waals surface area contributed by atoms with Crippen molar-refractivity contribution in [3.63, 3.8) is 0 Å². The third kappa shape index (κ3) is 4.29. The number of amides is 1. The van der Waals surface area contributed by atoms with Crippen LogP contribution in [0.4, 0.5) is 0 Å². The minimum atomic E-state index is -0.0845. The Labute approximate surface area is 119 Å². The van der Waals surface area contributed by atoms with Crippen molar-refractivity contribution in [3.05, 3.63) is 23.2 Å². The Morgan fingerprint density at radius 1 is 1.50 bits per heavy atom. The molecule has 0 radical (unpaired) electrons. The summed E-state index contributed by atoms with van der Waals surface area (Å²) in [6.45, 7) is 8.69. The van der Waals surface area contributed by atoms with E-state index in [2.05, 4.69) is 5.16 Å². The summed E-state index contributed by atoms with van der Waals surface area (Å²) in [6, 6.07) is 1.74. The van der Waals surface area contributed by atoms with Gasteiger partial charge in [-0.3, -0.25) is 4.79 Å². The SMILES string of the molecule is Cc1cc(C(=O)N(CCC(N)=NO)CC(C)C)c(C)o1. The topological polar surface area (TPSA) is 92.1 Å². The Morgan fingerprint density at radius 3 is 2.60 bits per heavy atom. The molecular weight excluding hydrogens is 258 g/mol. The lowest BCUT2D eigenvalue weighted by molar-refractivity contribution is 0.0739. The summed E-state index contributed by atoms with van der Waals surface area (Å²) in [4.78, 5) is 14.2. The zero-order chi connectivity index (χ0) is 15.3. The van der Waals surface area contributed by atoms with Crippen molar-refractivity contribution in [2.45, 2.75) is 34.1 Å². The van der Waals surface area contributed by atoms with E-state index in [9.17, 15) is 4.79 Å². The van der Waals surface area contributed by atoms with E-state index in [0.717, 1.165) is 0 Å². The van der Waals surface area contributed by atoms with Crippen molar-refractivity contribution in [1.29, 1.82) is 0 Å². The second-order valence-electron chi connectivity index (χ2n) is 5.31.